The van der Waals surface area contributed by atoms with Crippen LogP contribution in [0.2, 0.25) is 0 Å². The summed E-state index contributed by atoms with van der Waals surface area (Å²) in [6.45, 7) is 4.42. The summed E-state index contributed by atoms with van der Waals surface area (Å²) in [6, 6.07) is 0. The number of hydrogen-bond acceptors (Lipinski definition) is 7. The SMILES string of the molecule is COCCCC[C@H](C)C(/C=C/[C@H]1[C@H](OC2CCCCO2)CC(=O)[C@@H]1C/C=C\CCCC(=O)O)OC1CCCCO1. The van der Waals surface area contributed by atoms with Gasteiger partial charge in [0.15, 0.2) is 12.6 Å². The molecule has 7 atom stereocenters. The molecule has 1 aliphatic carbocycles. The van der Waals surface area contributed by atoms with Crippen LogP contribution in [0.25, 0.3) is 0 Å². The minimum Gasteiger partial charge on any atom is -0.481 e. The second-order valence-corrected chi connectivity index (χ2v) is 11.6. The van der Waals surface area contributed by atoms with Crippen molar-refractivity contribution in [3.05, 3.63) is 24.3 Å². The molecule has 3 unspecified atom stereocenters. The fourth-order valence-electron chi connectivity index (χ4n) is 5.87. The van der Waals surface area contributed by atoms with Crippen LogP contribution in [0.5, 0.6) is 0 Å². The van der Waals surface area contributed by atoms with E-state index in [1.54, 1.807) is 7.11 Å². The molecule has 1 N–H and O–H groups in total. The van der Waals surface area contributed by atoms with E-state index in [9.17, 15) is 9.59 Å². The normalized spacial score (nSPS) is 29.4. The first-order valence-electron chi connectivity index (χ1n) is 15.6. The highest BCUT2D eigenvalue weighted by atomic mass is 16.7. The Morgan fingerprint density at radius 2 is 1.80 bits per heavy atom. The van der Waals surface area contributed by atoms with Crippen LogP contribution in [0, 0.1) is 17.8 Å². The summed E-state index contributed by atoms with van der Waals surface area (Å²) >= 11 is 0. The van der Waals surface area contributed by atoms with Crippen molar-refractivity contribution in [3.63, 3.8) is 0 Å². The highest BCUT2D eigenvalue weighted by Gasteiger charge is 2.42. The summed E-state index contributed by atoms with van der Waals surface area (Å²) in [5.41, 5.74) is 0. The Balaban J connectivity index is 1.71. The van der Waals surface area contributed by atoms with E-state index in [1.807, 2.05) is 12.2 Å². The number of carbonyl (C=O) groups excluding carboxylic acids is 1. The van der Waals surface area contributed by atoms with Crippen molar-refractivity contribution in [2.24, 2.45) is 17.8 Å². The predicted octanol–water partition coefficient (Wildman–Crippen LogP) is 6.23. The Labute approximate surface area is 240 Å². The average molecular weight is 565 g/mol. The summed E-state index contributed by atoms with van der Waals surface area (Å²) in [4.78, 5) is 24.0. The number of rotatable bonds is 18. The first-order valence-corrected chi connectivity index (χ1v) is 15.6. The third-order valence-corrected chi connectivity index (χ3v) is 8.28. The molecule has 0 aromatic heterocycles. The van der Waals surface area contributed by atoms with Crippen molar-refractivity contribution in [3.8, 4) is 0 Å². The van der Waals surface area contributed by atoms with Crippen molar-refractivity contribution < 1.29 is 38.4 Å². The zero-order valence-corrected chi connectivity index (χ0v) is 24.7. The average Bonchev–Trinajstić information content (AvgIpc) is 3.24. The van der Waals surface area contributed by atoms with Crippen LogP contribution in [-0.2, 0) is 33.3 Å². The maximum atomic E-state index is 13.2. The number of allylic oxidation sites excluding steroid dienone is 2. The molecule has 2 saturated heterocycles. The van der Waals surface area contributed by atoms with E-state index in [1.165, 1.54) is 0 Å². The number of carboxylic acid groups (broad SMARTS) is 1. The van der Waals surface area contributed by atoms with Gasteiger partial charge in [0.1, 0.15) is 5.78 Å². The highest BCUT2D eigenvalue weighted by Crippen LogP contribution is 2.37. The largest absolute Gasteiger partial charge is 0.481 e. The number of unbranched alkanes of at least 4 members (excludes halogenated alkanes) is 2. The van der Waals surface area contributed by atoms with Crippen LogP contribution in [0.1, 0.15) is 96.8 Å². The van der Waals surface area contributed by atoms with E-state index >= 15 is 0 Å². The van der Waals surface area contributed by atoms with Gasteiger partial charge in [-0.1, -0.05) is 37.6 Å². The fraction of sp³-hybridized carbons (Fsp3) is 0.812. The van der Waals surface area contributed by atoms with Gasteiger partial charge in [-0.15, -0.1) is 0 Å². The topological polar surface area (TPSA) is 101 Å². The number of aliphatic carboxylic acids is 1. The molecule has 228 valence electrons. The fourth-order valence-corrected chi connectivity index (χ4v) is 5.87. The molecule has 3 aliphatic rings. The summed E-state index contributed by atoms with van der Waals surface area (Å²) < 4.78 is 29.9. The summed E-state index contributed by atoms with van der Waals surface area (Å²) in [5, 5.41) is 8.87. The van der Waals surface area contributed by atoms with Crippen LogP contribution >= 0.6 is 0 Å². The third kappa shape index (κ3) is 11.7. The first kappa shape index (κ1) is 32.9. The van der Waals surface area contributed by atoms with E-state index in [-0.39, 0.29) is 48.8 Å². The Kier molecular flexibility index (Phi) is 15.5. The molecular weight excluding hydrogens is 512 g/mol. The van der Waals surface area contributed by atoms with Crippen molar-refractivity contribution in [2.75, 3.05) is 26.9 Å². The minimum atomic E-state index is -0.780. The molecule has 0 radical (unpaired) electrons. The lowest BCUT2D eigenvalue weighted by Gasteiger charge is -2.31. The van der Waals surface area contributed by atoms with E-state index in [0.717, 1.165) is 71.0 Å². The van der Waals surface area contributed by atoms with Gasteiger partial charge in [0.2, 0.25) is 0 Å². The summed E-state index contributed by atoms with van der Waals surface area (Å²) in [7, 11) is 1.74. The highest BCUT2D eigenvalue weighted by molar-refractivity contribution is 5.85. The summed E-state index contributed by atoms with van der Waals surface area (Å²) in [5.74, 6) is -0.515. The first-order chi connectivity index (χ1) is 19.5. The molecule has 2 heterocycles. The number of ketones is 1. The number of carbonyl (C=O) groups is 2. The van der Waals surface area contributed by atoms with E-state index in [2.05, 4.69) is 19.1 Å². The van der Waals surface area contributed by atoms with Gasteiger partial charge in [0.25, 0.3) is 0 Å². The van der Waals surface area contributed by atoms with Gasteiger partial charge in [0, 0.05) is 51.6 Å². The lowest BCUT2D eigenvalue weighted by atomic mass is 9.89. The zero-order valence-electron chi connectivity index (χ0n) is 24.7. The van der Waals surface area contributed by atoms with Gasteiger partial charge in [-0.05, 0) is 76.5 Å². The van der Waals surface area contributed by atoms with Gasteiger partial charge in [-0.2, -0.15) is 0 Å². The molecule has 2 aliphatic heterocycles. The van der Waals surface area contributed by atoms with E-state index in [0.29, 0.717) is 38.2 Å². The second-order valence-electron chi connectivity index (χ2n) is 11.6. The summed E-state index contributed by atoms with van der Waals surface area (Å²) in [6.07, 6.45) is 19.2. The van der Waals surface area contributed by atoms with Crippen LogP contribution in [-0.4, -0.2) is 68.6 Å². The molecule has 40 heavy (non-hydrogen) atoms. The Bertz CT molecular complexity index is 784. The third-order valence-electron chi connectivity index (χ3n) is 8.28. The van der Waals surface area contributed by atoms with Gasteiger partial charge in [-0.25, -0.2) is 0 Å². The van der Waals surface area contributed by atoms with E-state index in [4.69, 9.17) is 28.8 Å². The smallest absolute Gasteiger partial charge is 0.303 e. The van der Waals surface area contributed by atoms with Gasteiger partial charge >= 0.3 is 5.97 Å². The quantitative estimate of drug-likeness (QED) is 0.155. The molecule has 0 aromatic carbocycles. The standard InChI is InChI=1S/C32H52O8/c1-24(13-7-10-20-36-2)28(39-31-16-8-11-21-37-31)19-18-26-25(14-5-3-4-6-15-30(34)35)27(33)23-29(26)40-32-17-9-12-22-38-32/h3,5,18-19,24-26,28-29,31-32H,4,6-17,20-23H2,1-2H3,(H,34,35)/b5-3-,19-18+/t24-,25+,26+,28?,29+,31?,32?/m0/s1. The van der Waals surface area contributed by atoms with Crippen molar-refractivity contribution in [1.82, 2.24) is 0 Å². The van der Waals surface area contributed by atoms with Crippen LogP contribution < -0.4 is 0 Å². The van der Waals surface area contributed by atoms with Crippen molar-refractivity contribution >= 4 is 11.8 Å². The number of methoxy groups -OCH3 is 1. The second kappa shape index (κ2) is 18.8. The molecule has 8 nitrogen and oxygen atoms in total. The van der Waals surface area contributed by atoms with Crippen LogP contribution in [0.4, 0.5) is 0 Å². The molecule has 0 bridgehead atoms. The molecule has 0 amide bonds. The number of ether oxygens (including phenoxy) is 5. The lowest BCUT2D eigenvalue weighted by molar-refractivity contribution is -0.193. The number of Topliss-reactive ketones (excluding diaryl/α,β-unsaturated/α-hetero) is 1. The lowest BCUT2D eigenvalue weighted by Crippen LogP contribution is -2.32. The molecule has 1 saturated carbocycles. The van der Waals surface area contributed by atoms with E-state index < -0.39 is 5.97 Å². The molecule has 0 spiro atoms. The molecular formula is C32H52O8. The van der Waals surface area contributed by atoms with Crippen LogP contribution in [0.3, 0.4) is 0 Å². The van der Waals surface area contributed by atoms with Crippen molar-refractivity contribution in [1.29, 1.82) is 0 Å². The molecule has 8 heteroatoms. The predicted molar refractivity (Wildman–Crippen MR) is 153 cm³/mol. The monoisotopic (exact) mass is 564 g/mol. The van der Waals surface area contributed by atoms with Gasteiger partial charge < -0.3 is 28.8 Å². The molecule has 0 aromatic rings. The van der Waals surface area contributed by atoms with Crippen molar-refractivity contribution in [2.45, 2.75) is 122 Å². The maximum absolute atomic E-state index is 13.2. The minimum absolute atomic E-state index is 0.0687. The molecule has 3 fully saturated rings. The van der Waals surface area contributed by atoms with Gasteiger partial charge in [-0.3, -0.25) is 9.59 Å². The zero-order chi connectivity index (χ0) is 28.6. The Morgan fingerprint density at radius 1 is 1.05 bits per heavy atom. The van der Waals surface area contributed by atoms with Crippen LogP contribution in [0.15, 0.2) is 24.3 Å². The number of hydrogen-bond donors (Lipinski definition) is 1. The maximum Gasteiger partial charge on any atom is 0.303 e. The van der Waals surface area contributed by atoms with Gasteiger partial charge in [0.05, 0.1) is 12.2 Å². The number of carboxylic acids is 1. The Morgan fingerprint density at radius 3 is 2.48 bits per heavy atom. The molecule has 3 rings (SSSR count). The Hall–Kier alpha value is -1.58.